The van der Waals surface area contributed by atoms with Crippen molar-refractivity contribution in [2.75, 3.05) is 0 Å². The lowest BCUT2D eigenvalue weighted by molar-refractivity contribution is -0.164. The summed E-state index contributed by atoms with van der Waals surface area (Å²) >= 11 is 0. The van der Waals surface area contributed by atoms with Gasteiger partial charge in [-0.15, -0.1) is 0 Å². The van der Waals surface area contributed by atoms with Crippen molar-refractivity contribution >= 4 is 0 Å². The van der Waals surface area contributed by atoms with Crippen LogP contribution in [-0.2, 0) is 9.47 Å². The Bertz CT molecular complexity index is 538. The number of hydrogen-bond donors (Lipinski definition) is 0. The third kappa shape index (κ3) is 1.50. The Morgan fingerprint density at radius 3 is 2.36 bits per heavy atom. The van der Waals surface area contributed by atoms with Crippen molar-refractivity contribution in [3.05, 3.63) is 12.2 Å². The molecule has 3 saturated carbocycles. The summed E-state index contributed by atoms with van der Waals surface area (Å²) < 4.78 is 13.2. The van der Waals surface area contributed by atoms with Gasteiger partial charge in [-0.1, -0.05) is 27.4 Å². The van der Waals surface area contributed by atoms with Crippen LogP contribution in [-0.4, -0.2) is 17.5 Å². The van der Waals surface area contributed by atoms with Crippen LogP contribution < -0.4 is 0 Å². The average molecular weight is 304 g/mol. The number of rotatable bonds is 1. The maximum Gasteiger partial charge on any atom is 0.188 e. The van der Waals surface area contributed by atoms with Gasteiger partial charge in [0.25, 0.3) is 0 Å². The van der Waals surface area contributed by atoms with Gasteiger partial charge in [0, 0.05) is 0 Å². The molecule has 0 amide bonds. The zero-order valence-corrected chi connectivity index (χ0v) is 15.2. The number of hydrogen-bond acceptors (Lipinski definition) is 2. The molecule has 7 atom stereocenters. The van der Waals surface area contributed by atoms with Crippen molar-refractivity contribution in [1.82, 2.24) is 0 Å². The molecule has 1 spiro atoms. The minimum Gasteiger partial charge on any atom is -0.340 e. The monoisotopic (exact) mass is 304 g/mol. The van der Waals surface area contributed by atoms with Gasteiger partial charge in [-0.2, -0.15) is 0 Å². The van der Waals surface area contributed by atoms with Crippen LogP contribution in [0, 0.1) is 28.6 Å². The first-order valence-corrected chi connectivity index (χ1v) is 9.10. The topological polar surface area (TPSA) is 18.5 Å². The van der Waals surface area contributed by atoms with Gasteiger partial charge in [0.05, 0.1) is 11.7 Å². The standard InChI is InChI=1S/C20H32O2/c1-12(2)19(7)21-16-11-20-10-15(18(16,6)22-19)17(4,5)14(20)9-8-13(20)3/h13-16H,1,8-11H2,2-7H3/t13-,14+,15-,16+,18-,19+,20-/m1/s1. The third-order valence-electron chi connectivity index (χ3n) is 8.40. The van der Waals surface area contributed by atoms with Gasteiger partial charge in [-0.3, -0.25) is 0 Å². The van der Waals surface area contributed by atoms with Crippen LogP contribution in [0.25, 0.3) is 0 Å². The fraction of sp³-hybridized carbons (Fsp3) is 0.900. The van der Waals surface area contributed by atoms with Crippen LogP contribution in [0.4, 0.5) is 0 Å². The van der Waals surface area contributed by atoms with Crippen LogP contribution in [0.1, 0.15) is 67.2 Å². The molecule has 1 aliphatic heterocycles. The van der Waals surface area contributed by atoms with E-state index in [0.717, 1.165) is 17.4 Å². The summed E-state index contributed by atoms with van der Waals surface area (Å²) in [7, 11) is 0. The molecule has 2 nitrogen and oxygen atoms in total. The highest BCUT2D eigenvalue weighted by Gasteiger charge is 2.74. The van der Waals surface area contributed by atoms with E-state index in [-0.39, 0.29) is 11.7 Å². The first kappa shape index (κ1) is 15.2. The van der Waals surface area contributed by atoms with Crippen molar-refractivity contribution in [1.29, 1.82) is 0 Å². The first-order chi connectivity index (χ1) is 10.1. The molecule has 2 heteroatoms. The highest BCUT2D eigenvalue weighted by Crippen LogP contribution is 2.75. The summed E-state index contributed by atoms with van der Waals surface area (Å²) in [5.74, 6) is 1.65. The molecule has 4 rings (SSSR count). The van der Waals surface area contributed by atoms with E-state index in [0.29, 0.717) is 16.7 Å². The molecule has 124 valence electrons. The van der Waals surface area contributed by atoms with E-state index in [1.54, 1.807) is 0 Å². The fourth-order valence-electron chi connectivity index (χ4n) is 7.02. The zero-order valence-electron chi connectivity index (χ0n) is 15.2. The summed E-state index contributed by atoms with van der Waals surface area (Å²) in [6.07, 6.45) is 5.51. The Labute approximate surface area is 135 Å². The van der Waals surface area contributed by atoms with Crippen molar-refractivity contribution in [2.24, 2.45) is 28.6 Å². The highest BCUT2D eigenvalue weighted by molar-refractivity contribution is 5.23. The average Bonchev–Trinajstić information content (AvgIpc) is 2.92. The molecule has 0 aromatic carbocycles. The van der Waals surface area contributed by atoms with Gasteiger partial charge in [0.1, 0.15) is 0 Å². The maximum absolute atomic E-state index is 6.64. The Morgan fingerprint density at radius 2 is 1.73 bits per heavy atom. The molecule has 0 N–H and O–H groups in total. The van der Waals surface area contributed by atoms with E-state index in [2.05, 4.69) is 41.2 Å². The first-order valence-electron chi connectivity index (χ1n) is 9.10. The van der Waals surface area contributed by atoms with Crippen molar-refractivity contribution in [3.8, 4) is 0 Å². The summed E-state index contributed by atoms with van der Waals surface area (Å²) in [5, 5.41) is 0. The minimum atomic E-state index is -0.603. The Kier molecular flexibility index (Phi) is 2.77. The lowest BCUT2D eigenvalue weighted by atomic mass is 9.63. The molecule has 0 radical (unpaired) electrons. The molecule has 4 aliphatic rings. The van der Waals surface area contributed by atoms with Crippen LogP contribution in [0.15, 0.2) is 12.2 Å². The molecule has 1 saturated heterocycles. The van der Waals surface area contributed by atoms with E-state index >= 15 is 0 Å². The largest absolute Gasteiger partial charge is 0.340 e. The fourth-order valence-corrected chi connectivity index (χ4v) is 7.02. The van der Waals surface area contributed by atoms with Crippen LogP contribution in [0.2, 0.25) is 0 Å². The molecule has 2 bridgehead atoms. The van der Waals surface area contributed by atoms with E-state index in [1.807, 2.05) is 6.92 Å². The predicted octanol–water partition coefficient (Wildman–Crippen LogP) is 4.94. The zero-order chi connectivity index (χ0) is 16.1. The van der Waals surface area contributed by atoms with Crippen LogP contribution in [0.5, 0.6) is 0 Å². The van der Waals surface area contributed by atoms with Gasteiger partial charge >= 0.3 is 0 Å². The Balaban J connectivity index is 1.80. The SMILES string of the molecule is C=C(C)[C@@]1(C)O[C@H]2C[C@@]34C[C@H](C(C)(C)[C@@H]3CC[C@H]4C)[C@@]2(C)O1. The van der Waals surface area contributed by atoms with Crippen LogP contribution in [0.3, 0.4) is 0 Å². The molecule has 1 heterocycles. The van der Waals surface area contributed by atoms with Crippen LogP contribution >= 0.6 is 0 Å². The van der Waals surface area contributed by atoms with Crippen molar-refractivity contribution in [2.45, 2.75) is 84.7 Å². The molecular formula is C20H32O2. The maximum atomic E-state index is 6.64. The highest BCUT2D eigenvalue weighted by atomic mass is 16.8. The lowest BCUT2D eigenvalue weighted by Crippen LogP contribution is -2.52. The Hall–Kier alpha value is -0.340. The summed E-state index contributed by atoms with van der Waals surface area (Å²) in [6.45, 7) is 18.0. The summed E-state index contributed by atoms with van der Waals surface area (Å²) in [5.41, 5.74) is 1.66. The third-order valence-corrected chi connectivity index (χ3v) is 8.40. The molecule has 3 aliphatic carbocycles. The molecule has 0 aromatic rings. The van der Waals surface area contributed by atoms with Gasteiger partial charge in [0.15, 0.2) is 5.79 Å². The van der Waals surface area contributed by atoms with E-state index in [9.17, 15) is 0 Å². The minimum absolute atomic E-state index is 0.160. The van der Waals surface area contributed by atoms with Crippen molar-refractivity contribution < 1.29 is 9.47 Å². The summed E-state index contributed by atoms with van der Waals surface area (Å²) in [6, 6.07) is 0. The normalized spacial score (nSPS) is 58.5. The second-order valence-electron chi connectivity index (χ2n) is 9.66. The van der Waals surface area contributed by atoms with E-state index in [4.69, 9.17) is 9.47 Å². The van der Waals surface area contributed by atoms with Gasteiger partial charge in [-0.05, 0) is 80.6 Å². The predicted molar refractivity (Wildman–Crippen MR) is 88.4 cm³/mol. The van der Waals surface area contributed by atoms with Gasteiger partial charge < -0.3 is 9.47 Å². The smallest absolute Gasteiger partial charge is 0.188 e. The van der Waals surface area contributed by atoms with E-state index < -0.39 is 5.79 Å². The second kappa shape index (κ2) is 4.00. The van der Waals surface area contributed by atoms with Crippen molar-refractivity contribution in [3.63, 3.8) is 0 Å². The molecule has 0 aromatic heterocycles. The summed E-state index contributed by atoms with van der Waals surface area (Å²) in [4.78, 5) is 0. The second-order valence-corrected chi connectivity index (χ2v) is 9.66. The number of ether oxygens (including phenoxy) is 2. The molecular weight excluding hydrogens is 272 g/mol. The van der Waals surface area contributed by atoms with Gasteiger partial charge in [-0.25, -0.2) is 0 Å². The number of fused-ring (bicyclic) bond motifs is 3. The lowest BCUT2D eigenvalue weighted by Gasteiger charge is -2.47. The molecule has 4 fully saturated rings. The Morgan fingerprint density at radius 1 is 1.05 bits per heavy atom. The molecule has 22 heavy (non-hydrogen) atoms. The van der Waals surface area contributed by atoms with Gasteiger partial charge in [0.2, 0.25) is 0 Å². The van der Waals surface area contributed by atoms with E-state index in [1.165, 1.54) is 25.7 Å². The quantitative estimate of drug-likeness (QED) is 0.639. The molecule has 0 unspecified atom stereocenters.